The van der Waals surface area contributed by atoms with E-state index in [0.717, 1.165) is 25.1 Å². The van der Waals surface area contributed by atoms with Crippen LogP contribution in [0.25, 0.3) is 0 Å². The topological polar surface area (TPSA) is 30.7 Å². The van der Waals surface area contributed by atoms with E-state index < -0.39 is 12.6 Å². The van der Waals surface area contributed by atoms with Crippen molar-refractivity contribution >= 4 is 0 Å². The quantitative estimate of drug-likeness (QED) is 0.861. The zero-order valence-corrected chi connectivity index (χ0v) is 12.2. The third-order valence-corrected chi connectivity index (χ3v) is 4.22. The van der Waals surface area contributed by atoms with Crippen LogP contribution in [0.15, 0.2) is 30.3 Å². The van der Waals surface area contributed by atoms with Gasteiger partial charge in [-0.3, -0.25) is 0 Å². The van der Waals surface area contributed by atoms with Crippen LogP contribution in [0.3, 0.4) is 0 Å². The zero-order chi connectivity index (χ0) is 15.6. The lowest BCUT2D eigenvalue weighted by Crippen LogP contribution is -2.13. The maximum absolute atomic E-state index is 12.4. The summed E-state index contributed by atoms with van der Waals surface area (Å²) in [5, 5.41) is 8.04. The minimum Gasteiger partial charge on any atom is -0.315 e. The maximum Gasteiger partial charge on any atom is 0.389 e. The second-order valence-electron chi connectivity index (χ2n) is 5.73. The highest BCUT2D eigenvalue weighted by molar-refractivity contribution is 5.20. The molecule has 0 aliphatic carbocycles. The molecule has 0 saturated heterocycles. The van der Waals surface area contributed by atoms with E-state index >= 15 is 0 Å². The Morgan fingerprint density at radius 2 is 1.86 bits per heavy atom. The monoisotopic (exact) mass is 309 g/mol. The second-order valence-corrected chi connectivity index (χ2v) is 5.73. The molecule has 1 aromatic heterocycles. The van der Waals surface area contributed by atoms with Gasteiger partial charge >= 0.3 is 6.18 Å². The lowest BCUT2D eigenvalue weighted by molar-refractivity contribution is -0.134. The first kappa shape index (κ1) is 15.1. The van der Waals surface area contributed by atoms with Crippen LogP contribution in [0.1, 0.15) is 42.4 Å². The molecule has 22 heavy (non-hydrogen) atoms. The van der Waals surface area contributed by atoms with E-state index in [4.69, 9.17) is 0 Å². The standard InChI is InChI=1S/C16H18F3N3/c17-16(18,19)10-8-15-21-20-14-7-6-13(9-11-22(14)15)12-4-2-1-3-5-12/h1-5,13H,6-11H2. The summed E-state index contributed by atoms with van der Waals surface area (Å²) in [4.78, 5) is 0. The number of aromatic nitrogens is 3. The Kier molecular flexibility index (Phi) is 4.18. The summed E-state index contributed by atoms with van der Waals surface area (Å²) in [6.45, 7) is 0.690. The van der Waals surface area contributed by atoms with Crippen molar-refractivity contribution in [1.82, 2.24) is 14.8 Å². The molecular formula is C16H18F3N3. The molecule has 0 bridgehead atoms. The number of halogens is 3. The predicted molar refractivity (Wildman–Crippen MR) is 76.5 cm³/mol. The molecule has 0 fully saturated rings. The van der Waals surface area contributed by atoms with E-state index in [-0.39, 0.29) is 6.42 Å². The van der Waals surface area contributed by atoms with Gasteiger partial charge in [-0.25, -0.2) is 0 Å². The number of alkyl halides is 3. The third kappa shape index (κ3) is 3.48. The summed E-state index contributed by atoms with van der Waals surface area (Å²) >= 11 is 0. The fourth-order valence-electron chi connectivity index (χ4n) is 3.05. The zero-order valence-electron chi connectivity index (χ0n) is 12.2. The molecule has 3 nitrogen and oxygen atoms in total. The smallest absolute Gasteiger partial charge is 0.315 e. The van der Waals surface area contributed by atoms with Gasteiger partial charge < -0.3 is 4.57 Å². The van der Waals surface area contributed by atoms with Crippen LogP contribution >= 0.6 is 0 Å². The molecule has 1 aliphatic heterocycles. The van der Waals surface area contributed by atoms with Crippen molar-refractivity contribution in [2.75, 3.05) is 0 Å². The molecular weight excluding hydrogens is 291 g/mol. The molecule has 118 valence electrons. The molecule has 6 heteroatoms. The van der Waals surface area contributed by atoms with Crippen LogP contribution in [0.2, 0.25) is 0 Å². The molecule has 1 unspecified atom stereocenters. The van der Waals surface area contributed by atoms with E-state index in [1.807, 2.05) is 22.8 Å². The number of hydrogen-bond donors (Lipinski definition) is 0. The summed E-state index contributed by atoms with van der Waals surface area (Å²) in [6, 6.07) is 10.3. The molecule has 1 aliphatic rings. The minimum absolute atomic E-state index is 0.0908. The Balaban J connectivity index is 1.71. The first-order chi connectivity index (χ1) is 10.5. The molecule has 1 aromatic carbocycles. The lowest BCUT2D eigenvalue weighted by atomic mass is 9.92. The van der Waals surface area contributed by atoms with Gasteiger partial charge in [0.1, 0.15) is 11.6 Å². The Morgan fingerprint density at radius 3 is 2.59 bits per heavy atom. The van der Waals surface area contributed by atoms with E-state index in [1.165, 1.54) is 5.56 Å². The fourth-order valence-corrected chi connectivity index (χ4v) is 3.05. The van der Waals surface area contributed by atoms with Crippen molar-refractivity contribution in [1.29, 1.82) is 0 Å². The number of fused-ring (bicyclic) bond motifs is 1. The molecule has 0 spiro atoms. The van der Waals surface area contributed by atoms with E-state index in [0.29, 0.717) is 18.3 Å². The second kappa shape index (κ2) is 6.10. The Labute approximate surface area is 127 Å². The number of hydrogen-bond acceptors (Lipinski definition) is 2. The van der Waals surface area contributed by atoms with Crippen LogP contribution in [-0.4, -0.2) is 20.9 Å². The molecule has 0 saturated carbocycles. The highest BCUT2D eigenvalue weighted by atomic mass is 19.4. The molecule has 0 radical (unpaired) electrons. The van der Waals surface area contributed by atoms with Crippen molar-refractivity contribution in [2.24, 2.45) is 0 Å². The van der Waals surface area contributed by atoms with Gasteiger partial charge in [-0.05, 0) is 24.3 Å². The van der Waals surface area contributed by atoms with Crippen molar-refractivity contribution in [3.05, 3.63) is 47.5 Å². The molecule has 0 amide bonds. The molecule has 0 N–H and O–H groups in total. The first-order valence-electron chi connectivity index (χ1n) is 7.55. The molecule has 3 rings (SSSR count). The van der Waals surface area contributed by atoms with Gasteiger partial charge in [0.05, 0.1) is 6.42 Å². The van der Waals surface area contributed by atoms with Crippen LogP contribution in [-0.2, 0) is 19.4 Å². The Morgan fingerprint density at radius 1 is 1.09 bits per heavy atom. The number of nitrogens with zero attached hydrogens (tertiary/aromatic N) is 3. The molecule has 2 heterocycles. The largest absolute Gasteiger partial charge is 0.389 e. The van der Waals surface area contributed by atoms with Gasteiger partial charge in [0, 0.05) is 19.4 Å². The van der Waals surface area contributed by atoms with Crippen molar-refractivity contribution in [3.63, 3.8) is 0 Å². The minimum atomic E-state index is -4.15. The lowest BCUT2D eigenvalue weighted by Gasteiger charge is -2.14. The van der Waals surface area contributed by atoms with Gasteiger partial charge in [0.25, 0.3) is 0 Å². The summed E-state index contributed by atoms with van der Waals surface area (Å²) in [5.74, 6) is 1.70. The van der Waals surface area contributed by atoms with Crippen LogP contribution in [0.4, 0.5) is 13.2 Å². The Bertz CT molecular complexity index is 619. The normalized spacial score (nSPS) is 18.8. The fraction of sp³-hybridized carbons (Fsp3) is 0.500. The average molecular weight is 309 g/mol. The number of benzene rings is 1. The van der Waals surface area contributed by atoms with Gasteiger partial charge in [-0.2, -0.15) is 13.2 Å². The number of aryl methyl sites for hydroxylation is 2. The average Bonchev–Trinajstić information content (AvgIpc) is 2.75. The third-order valence-electron chi connectivity index (χ3n) is 4.22. The Hall–Kier alpha value is -1.85. The highest BCUT2D eigenvalue weighted by Gasteiger charge is 2.29. The van der Waals surface area contributed by atoms with E-state index in [1.54, 1.807) is 0 Å². The van der Waals surface area contributed by atoms with E-state index in [2.05, 4.69) is 22.3 Å². The molecule has 1 atom stereocenters. The molecule has 2 aromatic rings. The SMILES string of the molecule is FC(F)(F)CCc1nnc2n1CCC(c1ccccc1)CC2. The van der Waals surface area contributed by atoms with Crippen molar-refractivity contribution < 1.29 is 13.2 Å². The summed E-state index contributed by atoms with van der Waals surface area (Å²) in [7, 11) is 0. The van der Waals surface area contributed by atoms with Crippen LogP contribution in [0.5, 0.6) is 0 Å². The first-order valence-corrected chi connectivity index (χ1v) is 7.55. The van der Waals surface area contributed by atoms with Crippen LogP contribution < -0.4 is 0 Å². The van der Waals surface area contributed by atoms with Gasteiger partial charge in [-0.15, -0.1) is 10.2 Å². The predicted octanol–water partition coefficient (Wildman–Crippen LogP) is 3.89. The van der Waals surface area contributed by atoms with Crippen LogP contribution in [0, 0.1) is 0 Å². The van der Waals surface area contributed by atoms with Gasteiger partial charge in [0.2, 0.25) is 0 Å². The van der Waals surface area contributed by atoms with Crippen molar-refractivity contribution in [3.8, 4) is 0 Å². The summed E-state index contributed by atoms with van der Waals surface area (Å²) in [6.07, 6.45) is -2.45. The van der Waals surface area contributed by atoms with E-state index in [9.17, 15) is 13.2 Å². The number of rotatable bonds is 3. The summed E-state index contributed by atoms with van der Waals surface area (Å²) < 4.78 is 39.0. The maximum atomic E-state index is 12.4. The highest BCUT2D eigenvalue weighted by Crippen LogP contribution is 2.29. The van der Waals surface area contributed by atoms with Crippen molar-refractivity contribution in [2.45, 2.75) is 50.7 Å². The van der Waals surface area contributed by atoms with Gasteiger partial charge in [0.15, 0.2) is 0 Å². The van der Waals surface area contributed by atoms with Gasteiger partial charge in [-0.1, -0.05) is 30.3 Å². The summed E-state index contributed by atoms with van der Waals surface area (Å²) in [5.41, 5.74) is 1.29.